The summed E-state index contributed by atoms with van der Waals surface area (Å²) in [5.41, 5.74) is 0. The number of hydrogen-bond donors (Lipinski definition) is 2. The van der Waals surface area contributed by atoms with E-state index < -0.39 is 0 Å². The third-order valence-corrected chi connectivity index (χ3v) is 2.56. The van der Waals surface area contributed by atoms with Gasteiger partial charge in [0.15, 0.2) is 0 Å². The summed E-state index contributed by atoms with van der Waals surface area (Å²) in [7, 11) is 0. The molecule has 0 spiro atoms. The van der Waals surface area contributed by atoms with E-state index in [2.05, 4.69) is 5.32 Å². The summed E-state index contributed by atoms with van der Waals surface area (Å²) in [6.07, 6.45) is 0.693. The number of fused-ring (bicyclic) bond motifs is 1. The van der Waals surface area contributed by atoms with Gasteiger partial charge in [0, 0.05) is 13.1 Å². The molecule has 5 nitrogen and oxygen atoms in total. The lowest BCUT2D eigenvalue weighted by molar-refractivity contribution is -0.126. The minimum atomic E-state index is -0.212. The average Bonchev–Trinajstić information content (AvgIpc) is 2.28. The van der Waals surface area contributed by atoms with Gasteiger partial charge in [-0.1, -0.05) is 0 Å². The van der Waals surface area contributed by atoms with Gasteiger partial charge >= 0.3 is 0 Å². The number of imide groups is 1. The highest BCUT2D eigenvalue weighted by Gasteiger charge is 2.44. The quantitative estimate of drug-likeness (QED) is 0.340. The molecule has 0 aromatic carbocycles. The molecule has 2 unspecified atom stereocenters. The van der Waals surface area contributed by atoms with E-state index in [0.29, 0.717) is 19.5 Å². The maximum absolute atomic E-state index is 11.2. The van der Waals surface area contributed by atoms with E-state index in [1.807, 2.05) is 0 Å². The third-order valence-electron chi connectivity index (χ3n) is 2.56. The smallest absolute Gasteiger partial charge is 0.231 e. The van der Waals surface area contributed by atoms with Crippen molar-refractivity contribution in [3.05, 3.63) is 0 Å². The van der Waals surface area contributed by atoms with E-state index in [9.17, 15) is 9.59 Å². The molecule has 3 N–H and O–H groups in total. The Balaban J connectivity index is 2.17. The van der Waals surface area contributed by atoms with Crippen LogP contribution in [0.5, 0.6) is 0 Å². The summed E-state index contributed by atoms with van der Waals surface area (Å²) < 4.78 is 0. The van der Waals surface area contributed by atoms with Crippen LogP contribution in [0.25, 0.3) is 0 Å². The van der Waals surface area contributed by atoms with E-state index in [1.54, 1.807) is 5.01 Å². The first kappa shape index (κ1) is 7.70. The second-order valence-electron chi connectivity index (χ2n) is 3.35. The van der Waals surface area contributed by atoms with Crippen LogP contribution in [-0.2, 0) is 9.59 Å². The SMILES string of the molecule is NN1CCC2C(=O)NC(=O)C2C1. The van der Waals surface area contributed by atoms with Crippen LogP contribution < -0.4 is 11.2 Å². The summed E-state index contributed by atoms with van der Waals surface area (Å²) in [4.78, 5) is 22.3. The molecule has 0 radical (unpaired) electrons. The second-order valence-corrected chi connectivity index (χ2v) is 3.35. The van der Waals surface area contributed by atoms with Gasteiger partial charge in [-0.3, -0.25) is 20.7 Å². The number of amides is 2. The largest absolute Gasteiger partial charge is 0.296 e. The molecular formula is C7H11N3O2. The maximum atomic E-state index is 11.2. The minimum absolute atomic E-state index is 0.127. The molecule has 66 valence electrons. The van der Waals surface area contributed by atoms with Crippen molar-refractivity contribution in [1.82, 2.24) is 10.3 Å². The first-order valence-electron chi connectivity index (χ1n) is 4.03. The van der Waals surface area contributed by atoms with Crippen molar-refractivity contribution < 1.29 is 9.59 Å². The zero-order valence-electron chi connectivity index (χ0n) is 6.62. The molecule has 2 rings (SSSR count). The van der Waals surface area contributed by atoms with Crippen molar-refractivity contribution in [1.29, 1.82) is 0 Å². The van der Waals surface area contributed by atoms with Crippen molar-refractivity contribution in [3.8, 4) is 0 Å². The average molecular weight is 169 g/mol. The molecule has 2 fully saturated rings. The Morgan fingerprint density at radius 3 is 2.75 bits per heavy atom. The Kier molecular flexibility index (Phi) is 1.62. The highest BCUT2D eigenvalue weighted by atomic mass is 16.2. The van der Waals surface area contributed by atoms with Crippen LogP contribution in [0.1, 0.15) is 6.42 Å². The van der Waals surface area contributed by atoms with Crippen LogP contribution in [0, 0.1) is 11.8 Å². The van der Waals surface area contributed by atoms with Gasteiger partial charge in [-0.2, -0.15) is 0 Å². The maximum Gasteiger partial charge on any atom is 0.231 e. The highest BCUT2D eigenvalue weighted by Crippen LogP contribution is 2.26. The lowest BCUT2D eigenvalue weighted by atomic mass is 9.88. The normalized spacial score (nSPS) is 36.4. The molecule has 12 heavy (non-hydrogen) atoms. The van der Waals surface area contributed by atoms with Crippen LogP contribution in [0.4, 0.5) is 0 Å². The Bertz CT molecular complexity index is 241. The first-order chi connectivity index (χ1) is 5.68. The third kappa shape index (κ3) is 1.02. The summed E-state index contributed by atoms with van der Waals surface area (Å²) in [5, 5.41) is 3.92. The number of carbonyl (C=O) groups excluding carboxylic acids is 2. The fourth-order valence-electron chi connectivity index (χ4n) is 1.86. The summed E-state index contributed by atoms with van der Waals surface area (Å²) >= 11 is 0. The number of hydrogen-bond acceptors (Lipinski definition) is 4. The number of hydrazine groups is 1. The fourth-order valence-corrected chi connectivity index (χ4v) is 1.86. The minimum Gasteiger partial charge on any atom is -0.296 e. The summed E-state index contributed by atoms with van der Waals surface area (Å²) in [6, 6.07) is 0. The van der Waals surface area contributed by atoms with Crippen LogP contribution >= 0.6 is 0 Å². The molecular weight excluding hydrogens is 158 g/mol. The fraction of sp³-hybridized carbons (Fsp3) is 0.714. The molecule has 2 heterocycles. The topological polar surface area (TPSA) is 75.4 Å². The lowest BCUT2D eigenvalue weighted by Crippen LogP contribution is -2.45. The van der Waals surface area contributed by atoms with Crippen molar-refractivity contribution in [2.45, 2.75) is 6.42 Å². The van der Waals surface area contributed by atoms with E-state index in [1.165, 1.54) is 0 Å². The van der Waals surface area contributed by atoms with Gasteiger partial charge in [0.25, 0.3) is 0 Å². The molecule has 0 aliphatic carbocycles. The molecule has 5 heteroatoms. The Morgan fingerprint density at radius 1 is 1.33 bits per heavy atom. The number of nitrogens with one attached hydrogen (secondary N) is 1. The number of rotatable bonds is 0. The van der Waals surface area contributed by atoms with Gasteiger partial charge in [0.05, 0.1) is 11.8 Å². The lowest BCUT2D eigenvalue weighted by Gasteiger charge is -2.28. The van der Waals surface area contributed by atoms with E-state index in [-0.39, 0.29) is 23.7 Å². The first-order valence-corrected chi connectivity index (χ1v) is 4.03. The Morgan fingerprint density at radius 2 is 2.00 bits per heavy atom. The van der Waals surface area contributed by atoms with Crippen LogP contribution in [-0.4, -0.2) is 29.9 Å². The molecule has 2 aliphatic heterocycles. The van der Waals surface area contributed by atoms with Crippen molar-refractivity contribution in [2.75, 3.05) is 13.1 Å². The van der Waals surface area contributed by atoms with E-state index in [4.69, 9.17) is 5.84 Å². The van der Waals surface area contributed by atoms with Crippen LogP contribution in [0.15, 0.2) is 0 Å². The summed E-state index contributed by atoms with van der Waals surface area (Å²) in [5.74, 6) is 4.91. The molecule has 0 saturated carbocycles. The molecule has 2 amide bonds. The van der Waals surface area contributed by atoms with Gasteiger partial charge < -0.3 is 0 Å². The zero-order chi connectivity index (χ0) is 8.72. The number of piperidine rings is 1. The predicted octanol–water partition coefficient (Wildman–Crippen LogP) is -1.55. The predicted molar refractivity (Wildman–Crippen MR) is 40.5 cm³/mol. The Labute approximate surface area is 69.9 Å². The van der Waals surface area contributed by atoms with E-state index >= 15 is 0 Å². The molecule has 2 aliphatic rings. The molecule has 0 aromatic rings. The highest BCUT2D eigenvalue weighted by molar-refractivity contribution is 6.05. The molecule has 2 saturated heterocycles. The van der Waals surface area contributed by atoms with Crippen molar-refractivity contribution >= 4 is 11.8 Å². The van der Waals surface area contributed by atoms with Gasteiger partial charge in [0.2, 0.25) is 11.8 Å². The van der Waals surface area contributed by atoms with Crippen LogP contribution in [0.2, 0.25) is 0 Å². The zero-order valence-corrected chi connectivity index (χ0v) is 6.62. The van der Waals surface area contributed by atoms with Crippen molar-refractivity contribution in [3.63, 3.8) is 0 Å². The van der Waals surface area contributed by atoms with E-state index in [0.717, 1.165) is 0 Å². The van der Waals surface area contributed by atoms with Crippen molar-refractivity contribution in [2.24, 2.45) is 17.7 Å². The number of nitrogens with zero attached hydrogens (tertiary/aromatic N) is 1. The standard InChI is InChI=1S/C7H11N3O2/c8-10-2-1-4-5(3-10)7(12)9-6(4)11/h4-5H,1-3,8H2,(H,9,11,12). The molecule has 0 aromatic heterocycles. The van der Waals surface area contributed by atoms with Gasteiger partial charge in [-0.05, 0) is 6.42 Å². The van der Waals surface area contributed by atoms with Crippen LogP contribution in [0.3, 0.4) is 0 Å². The molecule has 2 atom stereocenters. The van der Waals surface area contributed by atoms with Gasteiger partial charge in [-0.15, -0.1) is 0 Å². The summed E-state index contributed by atoms with van der Waals surface area (Å²) in [6.45, 7) is 1.20. The number of nitrogens with two attached hydrogens (primary N) is 1. The molecule has 0 bridgehead atoms. The van der Waals surface area contributed by atoms with Gasteiger partial charge in [0.1, 0.15) is 0 Å². The Hall–Kier alpha value is -0.940. The number of carbonyl (C=O) groups is 2. The monoisotopic (exact) mass is 169 g/mol. The second kappa shape index (κ2) is 2.53. The van der Waals surface area contributed by atoms with Gasteiger partial charge in [-0.25, -0.2) is 5.01 Å².